The molecule has 1 saturated heterocycles. The Morgan fingerprint density at radius 2 is 2.18 bits per heavy atom. The van der Waals surface area contributed by atoms with E-state index in [1.54, 1.807) is 0 Å². The van der Waals surface area contributed by atoms with Crippen LogP contribution >= 0.6 is 15.9 Å². The fraction of sp³-hybridized carbons (Fsp3) is 0.571. The van der Waals surface area contributed by atoms with E-state index in [-0.39, 0.29) is 6.61 Å². The normalized spacial score (nSPS) is 19.4. The van der Waals surface area contributed by atoms with Gasteiger partial charge in [0.25, 0.3) is 0 Å². The highest BCUT2D eigenvalue weighted by Gasteiger charge is 2.27. The standard InChI is InChI=1S/C14H20BrNO/c1-14(2)6-3-7-16(10-14)13-8-12(15)5-4-11(13)9-17/h4-5,8,17H,3,6-7,9-10H2,1-2H3. The lowest BCUT2D eigenvalue weighted by Crippen LogP contribution is -2.40. The summed E-state index contributed by atoms with van der Waals surface area (Å²) in [4.78, 5) is 2.40. The van der Waals surface area contributed by atoms with Crippen molar-refractivity contribution in [3.05, 3.63) is 28.2 Å². The molecule has 0 unspecified atom stereocenters. The smallest absolute Gasteiger partial charge is 0.0702 e. The Kier molecular flexibility index (Phi) is 3.79. The number of anilines is 1. The first-order valence-corrected chi connectivity index (χ1v) is 6.95. The second kappa shape index (κ2) is 4.99. The monoisotopic (exact) mass is 297 g/mol. The molecular formula is C14H20BrNO. The van der Waals surface area contributed by atoms with Crippen LogP contribution in [0.3, 0.4) is 0 Å². The lowest BCUT2D eigenvalue weighted by Gasteiger charge is -2.40. The maximum Gasteiger partial charge on any atom is 0.0702 e. The van der Waals surface area contributed by atoms with Crippen molar-refractivity contribution in [1.29, 1.82) is 0 Å². The molecule has 0 spiro atoms. The molecule has 3 heteroatoms. The van der Waals surface area contributed by atoms with Gasteiger partial charge < -0.3 is 10.0 Å². The van der Waals surface area contributed by atoms with Gasteiger partial charge in [0.05, 0.1) is 6.61 Å². The Bertz CT molecular complexity index is 403. The zero-order valence-corrected chi connectivity index (χ0v) is 12.1. The van der Waals surface area contributed by atoms with Crippen molar-refractivity contribution in [1.82, 2.24) is 0 Å². The van der Waals surface area contributed by atoms with Crippen LogP contribution < -0.4 is 4.90 Å². The van der Waals surface area contributed by atoms with E-state index in [4.69, 9.17) is 0 Å². The lowest BCUT2D eigenvalue weighted by molar-refractivity contribution is 0.276. The summed E-state index contributed by atoms with van der Waals surface area (Å²) in [5, 5.41) is 9.43. The topological polar surface area (TPSA) is 23.5 Å². The molecule has 1 aliphatic rings. The number of rotatable bonds is 2. The van der Waals surface area contributed by atoms with Gasteiger partial charge in [0, 0.05) is 28.8 Å². The third-order valence-corrected chi connectivity index (χ3v) is 3.95. The number of piperidine rings is 1. The van der Waals surface area contributed by atoms with Crippen molar-refractivity contribution >= 4 is 21.6 Å². The molecule has 1 fully saturated rings. The first-order chi connectivity index (χ1) is 8.02. The van der Waals surface area contributed by atoms with Crippen molar-refractivity contribution in [3.63, 3.8) is 0 Å². The fourth-order valence-electron chi connectivity index (χ4n) is 2.59. The number of hydrogen-bond acceptors (Lipinski definition) is 2. The van der Waals surface area contributed by atoms with Crippen LogP contribution in [0.5, 0.6) is 0 Å². The third kappa shape index (κ3) is 3.02. The zero-order valence-electron chi connectivity index (χ0n) is 10.5. The van der Waals surface area contributed by atoms with Crippen LogP contribution in [0, 0.1) is 5.41 Å². The van der Waals surface area contributed by atoms with E-state index in [0.29, 0.717) is 5.41 Å². The summed E-state index contributed by atoms with van der Waals surface area (Å²) in [6.45, 7) is 6.90. The summed E-state index contributed by atoms with van der Waals surface area (Å²) >= 11 is 3.51. The first-order valence-electron chi connectivity index (χ1n) is 6.16. The molecule has 1 aromatic rings. The largest absolute Gasteiger partial charge is 0.392 e. The third-order valence-electron chi connectivity index (χ3n) is 3.46. The number of aliphatic hydroxyl groups excluding tert-OH is 1. The lowest BCUT2D eigenvalue weighted by atomic mass is 9.84. The Hall–Kier alpha value is -0.540. The van der Waals surface area contributed by atoms with E-state index in [1.807, 2.05) is 12.1 Å². The summed E-state index contributed by atoms with van der Waals surface area (Å²) in [6, 6.07) is 6.11. The van der Waals surface area contributed by atoms with E-state index < -0.39 is 0 Å². The van der Waals surface area contributed by atoms with Crippen LogP contribution in [-0.2, 0) is 6.61 Å². The Balaban J connectivity index is 2.29. The van der Waals surface area contributed by atoms with E-state index in [2.05, 4.69) is 40.7 Å². The maximum absolute atomic E-state index is 9.43. The minimum Gasteiger partial charge on any atom is -0.392 e. The average Bonchev–Trinajstić information content (AvgIpc) is 2.27. The molecule has 0 aromatic heterocycles. The maximum atomic E-state index is 9.43. The molecule has 1 aromatic carbocycles. The van der Waals surface area contributed by atoms with Crippen molar-refractivity contribution in [3.8, 4) is 0 Å². The second-order valence-electron chi connectivity index (χ2n) is 5.62. The quantitative estimate of drug-likeness (QED) is 0.902. The van der Waals surface area contributed by atoms with Gasteiger partial charge in [-0.05, 0) is 30.4 Å². The van der Waals surface area contributed by atoms with E-state index >= 15 is 0 Å². The van der Waals surface area contributed by atoms with E-state index in [1.165, 1.54) is 18.5 Å². The van der Waals surface area contributed by atoms with Gasteiger partial charge in [-0.3, -0.25) is 0 Å². The molecule has 0 saturated carbocycles. The number of aliphatic hydroxyl groups is 1. The van der Waals surface area contributed by atoms with Gasteiger partial charge in [0.1, 0.15) is 0 Å². The van der Waals surface area contributed by atoms with Crippen LogP contribution in [0.25, 0.3) is 0 Å². The van der Waals surface area contributed by atoms with Gasteiger partial charge in [-0.2, -0.15) is 0 Å². The van der Waals surface area contributed by atoms with Gasteiger partial charge in [0.2, 0.25) is 0 Å². The van der Waals surface area contributed by atoms with Gasteiger partial charge >= 0.3 is 0 Å². The summed E-state index contributed by atoms with van der Waals surface area (Å²) < 4.78 is 1.08. The summed E-state index contributed by atoms with van der Waals surface area (Å²) in [5.74, 6) is 0. The van der Waals surface area contributed by atoms with Crippen LogP contribution in [0.15, 0.2) is 22.7 Å². The molecule has 0 amide bonds. The summed E-state index contributed by atoms with van der Waals surface area (Å²) in [7, 11) is 0. The molecule has 2 nitrogen and oxygen atoms in total. The molecule has 1 aliphatic heterocycles. The molecule has 17 heavy (non-hydrogen) atoms. The van der Waals surface area contributed by atoms with Gasteiger partial charge in [-0.25, -0.2) is 0 Å². The van der Waals surface area contributed by atoms with Crippen molar-refractivity contribution in [2.24, 2.45) is 5.41 Å². The Morgan fingerprint density at radius 1 is 1.41 bits per heavy atom. The molecular weight excluding hydrogens is 278 g/mol. The van der Waals surface area contributed by atoms with Gasteiger partial charge in [-0.1, -0.05) is 35.8 Å². The number of benzene rings is 1. The van der Waals surface area contributed by atoms with E-state index in [9.17, 15) is 5.11 Å². The fourth-order valence-corrected chi connectivity index (χ4v) is 2.94. The highest BCUT2D eigenvalue weighted by molar-refractivity contribution is 9.10. The van der Waals surface area contributed by atoms with Crippen LogP contribution in [-0.4, -0.2) is 18.2 Å². The number of halogens is 1. The number of nitrogens with zero attached hydrogens (tertiary/aromatic N) is 1. The predicted octanol–water partition coefficient (Wildman–Crippen LogP) is 3.57. The molecule has 1 N–H and O–H groups in total. The SMILES string of the molecule is CC1(C)CCCN(c2cc(Br)ccc2CO)C1. The minimum absolute atomic E-state index is 0.111. The molecule has 1 heterocycles. The van der Waals surface area contributed by atoms with Crippen molar-refractivity contribution in [2.45, 2.75) is 33.3 Å². The average molecular weight is 298 g/mol. The number of hydrogen-bond donors (Lipinski definition) is 1. The van der Waals surface area contributed by atoms with Gasteiger partial charge in [-0.15, -0.1) is 0 Å². The highest BCUT2D eigenvalue weighted by atomic mass is 79.9. The molecule has 0 bridgehead atoms. The summed E-state index contributed by atoms with van der Waals surface area (Å²) in [5.41, 5.74) is 2.56. The van der Waals surface area contributed by atoms with Gasteiger partial charge in [0.15, 0.2) is 0 Å². The van der Waals surface area contributed by atoms with Crippen molar-refractivity contribution < 1.29 is 5.11 Å². The van der Waals surface area contributed by atoms with E-state index in [0.717, 1.165) is 23.1 Å². The Morgan fingerprint density at radius 3 is 2.82 bits per heavy atom. The zero-order chi connectivity index (χ0) is 12.5. The van der Waals surface area contributed by atoms with Crippen LogP contribution in [0.4, 0.5) is 5.69 Å². The molecule has 94 valence electrons. The second-order valence-corrected chi connectivity index (χ2v) is 6.54. The molecule has 0 aliphatic carbocycles. The first kappa shape index (κ1) is 12.9. The van der Waals surface area contributed by atoms with Crippen molar-refractivity contribution in [2.75, 3.05) is 18.0 Å². The highest BCUT2D eigenvalue weighted by Crippen LogP contribution is 2.34. The molecule has 0 radical (unpaired) electrons. The van der Waals surface area contributed by atoms with Crippen LogP contribution in [0.1, 0.15) is 32.3 Å². The Labute approximate surface area is 112 Å². The minimum atomic E-state index is 0.111. The van der Waals surface area contributed by atoms with Crippen LogP contribution in [0.2, 0.25) is 0 Å². The predicted molar refractivity (Wildman–Crippen MR) is 75.3 cm³/mol. The summed E-state index contributed by atoms with van der Waals surface area (Å²) in [6.07, 6.45) is 2.51. The molecule has 2 rings (SSSR count). The molecule has 0 atom stereocenters.